The molecule has 1 aromatic carbocycles. The molecule has 2 N–H and O–H groups in total. The predicted molar refractivity (Wildman–Crippen MR) is 78.4 cm³/mol. The van der Waals surface area contributed by atoms with Gasteiger partial charge in [-0.1, -0.05) is 28.1 Å². The number of benzene rings is 1. The van der Waals surface area contributed by atoms with Crippen LogP contribution in [0, 0.1) is 0 Å². The second-order valence-corrected chi connectivity index (χ2v) is 6.16. The van der Waals surface area contributed by atoms with Crippen LogP contribution in [0.4, 0.5) is 13.2 Å². The van der Waals surface area contributed by atoms with E-state index in [0.717, 1.165) is 10.0 Å². The second kappa shape index (κ2) is 6.91. The van der Waals surface area contributed by atoms with Gasteiger partial charge in [0.15, 0.2) is 0 Å². The molecule has 2 atom stereocenters. The van der Waals surface area contributed by atoms with Gasteiger partial charge in [-0.25, -0.2) is 0 Å². The fraction of sp³-hybridized carbons (Fsp3) is 0.571. The van der Waals surface area contributed by atoms with Crippen LogP contribution in [0.1, 0.15) is 32.4 Å². The lowest BCUT2D eigenvalue weighted by molar-refractivity contribution is -0.156. The Kier molecular flexibility index (Phi) is 6.04. The quantitative estimate of drug-likeness (QED) is 0.863. The molecule has 20 heavy (non-hydrogen) atoms. The van der Waals surface area contributed by atoms with Crippen molar-refractivity contribution in [2.75, 3.05) is 6.54 Å². The zero-order chi connectivity index (χ0) is 15.5. The van der Waals surface area contributed by atoms with Crippen LogP contribution >= 0.6 is 15.9 Å². The zero-order valence-corrected chi connectivity index (χ0v) is 13.4. The molecule has 0 amide bonds. The van der Waals surface area contributed by atoms with Gasteiger partial charge in [-0.05, 0) is 38.5 Å². The summed E-state index contributed by atoms with van der Waals surface area (Å²) in [6.07, 6.45) is -4.25. The zero-order valence-electron chi connectivity index (χ0n) is 11.8. The van der Waals surface area contributed by atoms with Crippen LogP contribution in [0.25, 0.3) is 0 Å². The minimum atomic E-state index is -4.25. The summed E-state index contributed by atoms with van der Waals surface area (Å²) in [5.74, 6) is 0. The van der Waals surface area contributed by atoms with Crippen molar-refractivity contribution in [3.05, 3.63) is 34.3 Å². The molecule has 0 aliphatic heterocycles. The molecule has 0 aromatic heterocycles. The molecular formula is C14H20BrF3N2. The normalized spacial score (nSPS) is 15.7. The van der Waals surface area contributed by atoms with Crippen LogP contribution < -0.4 is 5.73 Å². The number of hydrogen-bond acceptors (Lipinski definition) is 2. The van der Waals surface area contributed by atoms with Gasteiger partial charge in [0.1, 0.15) is 0 Å². The minimum Gasteiger partial charge on any atom is -0.326 e. The lowest BCUT2D eigenvalue weighted by Crippen LogP contribution is -2.47. The van der Waals surface area contributed by atoms with Crippen LogP contribution in [0.3, 0.4) is 0 Å². The molecule has 0 fully saturated rings. The summed E-state index contributed by atoms with van der Waals surface area (Å²) >= 11 is 3.35. The van der Waals surface area contributed by atoms with Gasteiger partial charge < -0.3 is 5.73 Å². The van der Waals surface area contributed by atoms with Gasteiger partial charge in [-0.3, -0.25) is 4.90 Å². The van der Waals surface area contributed by atoms with Crippen molar-refractivity contribution in [2.24, 2.45) is 5.73 Å². The minimum absolute atomic E-state index is 0.258. The van der Waals surface area contributed by atoms with E-state index in [4.69, 9.17) is 5.73 Å². The molecule has 0 saturated carbocycles. The highest BCUT2D eigenvalue weighted by Gasteiger charge is 2.36. The van der Waals surface area contributed by atoms with E-state index in [9.17, 15) is 13.2 Å². The maximum atomic E-state index is 12.8. The van der Waals surface area contributed by atoms with Gasteiger partial charge in [-0.15, -0.1) is 0 Å². The van der Waals surface area contributed by atoms with Crippen molar-refractivity contribution in [3.63, 3.8) is 0 Å². The third kappa shape index (κ3) is 5.07. The van der Waals surface area contributed by atoms with Gasteiger partial charge in [0.2, 0.25) is 0 Å². The Bertz CT molecular complexity index is 433. The molecule has 0 aliphatic rings. The monoisotopic (exact) mass is 352 g/mol. The standard InChI is InChI=1S/C14H20BrF3N2/c1-9(2)20(8-14(16,17)18)13(10(3)19)11-5-4-6-12(15)7-11/h4-7,9-10,13H,8,19H2,1-3H3. The Morgan fingerprint density at radius 1 is 1.25 bits per heavy atom. The molecule has 2 nitrogen and oxygen atoms in total. The predicted octanol–water partition coefficient (Wildman–Crippen LogP) is 4.11. The molecule has 114 valence electrons. The summed E-state index contributed by atoms with van der Waals surface area (Å²) in [5.41, 5.74) is 6.74. The summed E-state index contributed by atoms with van der Waals surface area (Å²) in [4.78, 5) is 1.40. The van der Waals surface area contributed by atoms with Gasteiger partial charge >= 0.3 is 6.18 Å². The van der Waals surface area contributed by atoms with Crippen molar-refractivity contribution in [1.29, 1.82) is 0 Å². The van der Waals surface area contributed by atoms with E-state index in [1.165, 1.54) is 4.90 Å². The smallest absolute Gasteiger partial charge is 0.326 e. The molecule has 2 unspecified atom stereocenters. The lowest BCUT2D eigenvalue weighted by Gasteiger charge is -2.38. The Hall–Kier alpha value is -0.590. The molecule has 0 aliphatic carbocycles. The van der Waals surface area contributed by atoms with Crippen molar-refractivity contribution in [1.82, 2.24) is 4.90 Å². The Labute approximate surface area is 126 Å². The summed E-state index contributed by atoms with van der Waals surface area (Å²) in [5, 5.41) is 0. The number of rotatable bonds is 5. The third-order valence-corrected chi connectivity index (χ3v) is 3.56. The first-order valence-corrected chi connectivity index (χ1v) is 7.24. The highest BCUT2D eigenvalue weighted by Crippen LogP contribution is 2.30. The highest BCUT2D eigenvalue weighted by atomic mass is 79.9. The summed E-state index contributed by atoms with van der Waals surface area (Å²) in [7, 11) is 0. The number of alkyl halides is 3. The number of hydrogen-bond donors (Lipinski definition) is 1. The largest absolute Gasteiger partial charge is 0.401 e. The Morgan fingerprint density at radius 2 is 1.85 bits per heavy atom. The van der Waals surface area contributed by atoms with E-state index in [0.29, 0.717) is 0 Å². The fourth-order valence-electron chi connectivity index (χ4n) is 2.30. The van der Waals surface area contributed by atoms with E-state index in [1.54, 1.807) is 26.8 Å². The van der Waals surface area contributed by atoms with E-state index in [1.807, 2.05) is 18.2 Å². The summed E-state index contributed by atoms with van der Waals surface area (Å²) in [6.45, 7) is 4.26. The van der Waals surface area contributed by atoms with Gasteiger partial charge in [0, 0.05) is 16.6 Å². The van der Waals surface area contributed by atoms with E-state index in [-0.39, 0.29) is 6.04 Å². The van der Waals surface area contributed by atoms with E-state index >= 15 is 0 Å². The molecule has 0 bridgehead atoms. The molecule has 0 spiro atoms. The highest BCUT2D eigenvalue weighted by molar-refractivity contribution is 9.10. The molecule has 0 radical (unpaired) electrons. The van der Waals surface area contributed by atoms with E-state index in [2.05, 4.69) is 15.9 Å². The molecule has 0 heterocycles. The lowest BCUT2D eigenvalue weighted by atomic mass is 9.98. The van der Waals surface area contributed by atoms with Crippen molar-refractivity contribution >= 4 is 15.9 Å². The maximum absolute atomic E-state index is 12.8. The fourth-order valence-corrected chi connectivity index (χ4v) is 2.71. The summed E-state index contributed by atoms with van der Waals surface area (Å²) in [6, 6.07) is 6.13. The molecule has 6 heteroatoms. The maximum Gasteiger partial charge on any atom is 0.401 e. The first kappa shape index (κ1) is 17.5. The van der Waals surface area contributed by atoms with Crippen LogP contribution in [-0.2, 0) is 0 Å². The van der Waals surface area contributed by atoms with Gasteiger partial charge in [0.25, 0.3) is 0 Å². The Balaban J connectivity index is 3.15. The topological polar surface area (TPSA) is 29.3 Å². The van der Waals surface area contributed by atoms with Crippen LogP contribution in [0.2, 0.25) is 0 Å². The Morgan fingerprint density at radius 3 is 2.25 bits per heavy atom. The first-order valence-electron chi connectivity index (χ1n) is 6.45. The average molecular weight is 353 g/mol. The van der Waals surface area contributed by atoms with Crippen LogP contribution in [0.15, 0.2) is 28.7 Å². The van der Waals surface area contributed by atoms with Crippen molar-refractivity contribution in [2.45, 2.75) is 45.1 Å². The van der Waals surface area contributed by atoms with Crippen molar-refractivity contribution in [3.8, 4) is 0 Å². The molecular weight excluding hydrogens is 333 g/mol. The second-order valence-electron chi connectivity index (χ2n) is 5.24. The van der Waals surface area contributed by atoms with E-state index < -0.39 is 24.8 Å². The van der Waals surface area contributed by atoms with Crippen molar-refractivity contribution < 1.29 is 13.2 Å². The SMILES string of the molecule is CC(N)C(c1cccc(Br)c1)N(CC(F)(F)F)C(C)C. The number of nitrogens with zero attached hydrogens (tertiary/aromatic N) is 1. The summed E-state index contributed by atoms with van der Waals surface area (Å²) < 4.78 is 39.2. The average Bonchev–Trinajstić information content (AvgIpc) is 2.25. The van der Waals surface area contributed by atoms with Crippen LogP contribution in [-0.4, -0.2) is 29.7 Å². The van der Waals surface area contributed by atoms with Gasteiger partial charge in [0.05, 0.1) is 12.6 Å². The molecule has 0 saturated heterocycles. The molecule has 1 aromatic rings. The number of nitrogens with two attached hydrogens (primary N) is 1. The van der Waals surface area contributed by atoms with Crippen LogP contribution in [0.5, 0.6) is 0 Å². The first-order chi connectivity index (χ1) is 9.11. The van der Waals surface area contributed by atoms with Gasteiger partial charge in [-0.2, -0.15) is 13.2 Å². The number of halogens is 4. The third-order valence-electron chi connectivity index (χ3n) is 3.07. The molecule has 1 rings (SSSR count).